The van der Waals surface area contributed by atoms with E-state index in [2.05, 4.69) is 4.98 Å². The summed E-state index contributed by atoms with van der Waals surface area (Å²) in [6.07, 6.45) is -2.40. The van der Waals surface area contributed by atoms with Crippen molar-refractivity contribution in [2.45, 2.75) is 31.9 Å². The van der Waals surface area contributed by atoms with Crippen molar-refractivity contribution in [2.24, 2.45) is 0 Å². The fourth-order valence-electron chi connectivity index (χ4n) is 2.05. The van der Waals surface area contributed by atoms with Crippen LogP contribution in [0.5, 0.6) is 5.88 Å². The van der Waals surface area contributed by atoms with Gasteiger partial charge in [-0.05, 0) is 30.5 Å². The Morgan fingerprint density at radius 3 is 2.68 bits per heavy atom. The second-order valence-corrected chi connectivity index (χ2v) is 6.16. The number of hydrogen-bond acceptors (Lipinski definition) is 4. The molecule has 0 saturated heterocycles. The molecule has 1 fully saturated rings. The first kappa shape index (κ1) is 15.0. The van der Waals surface area contributed by atoms with Gasteiger partial charge in [-0.2, -0.15) is 13.2 Å². The monoisotopic (exact) mass is 327 g/mol. The quantitative estimate of drug-likeness (QED) is 0.772. The van der Waals surface area contributed by atoms with Gasteiger partial charge in [-0.3, -0.25) is 4.79 Å². The summed E-state index contributed by atoms with van der Waals surface area (Å²) in [7, 11) is 0. The third-order valence-corrected chi connectivity index (χ3v) is 4.48. The third kappa shape index (κ3) is 3.14. The molecular formula is C15H12F3NO2S. The van der Waals surface area contributed by atoms with Crippen LogP contribution in [0, 0.1) is 0 Å². The highest BCUT2D eigenvalue weighted by Crippen LogP contribution is 2.47. The van der Waals surface area contributed by atoms with Crippen molar-refractivity contribution in [3.05, 3.63) is 34.8 Å². The average molecular weight is 327 g/mol. The van der Waals surface area contributed by atoms with Crippen LogP contribution >= 0.6 is 11.3 Å². The van der Waals surface area contributed by atoms with Crippen LogP contribution in [0.4, 0.5) is 13.2 Å². The van der Waals surface area contributed by atoms with Crippen molar-refractivity contribution in [1.29, 1.82) is 0 Å². The highest BCUT2D eigenvalue weighted by atomic mass is 32.1. The summed E-state index contributed by atoms with van der Waals surface area (Å²) >= 11 is 1.29. The summed E-state index contributed by atoms with van der Waals surface area (Å²) in [6, 6.07) is 4.97. The number of hydrogen-bond donors (Lipinski definition) is 0. The minimum absolute atomic E-state index is 0.0960. The van der Waals surface area contributed by atoms with Gasteiger partial charge < -0.3 is 4.74 Å². The minimum atomic E-state index is -4.42. The predicted octanol–water partition coefficient (Wildman–Crippen LogP) is 4.63. The molecule has 1 saturated carbocycles. The van der Waals surface area contributed by atoms with Crippen molar-refractivity contribution < 1.29 is 22.7 Å². The van der Waals surface area contributed by atoms with Gasteiger partial charge in [0.2, 0.25) is 5.88 Å². The number of carbonyl (C=O) groups excluding carboxylic acids is 1. The smallest absolute Gasteiger partial charge is 0.406 e. The molecule has 0 N–H and O–H groups in total. The molecule has 0 amide bonds. The van der Waals surface area contributed by atoms with Crippen LogP contribution in [0.1, 0.15) is 36.3 Å². The first-order valence-electron chi connectivity index (χ1n) is 6.71. The van der Waals surface area contributed by atoms with E-state index in [1.807, 2.05) is 0 Å². The number of alkyl halides is 3. The normalized spacial score (nSPS) is 14.9. The summed E-state index contributed by atoms with van der Waals surface area (Å²) < 4.78 is 43.6. The number of benzene rings is 1. The lowest BCUT2D eigenvalue weighted by molar-refractivity contribution is -0.137. The first-order valence-corrected chi connectivity index (χ1v) is 7.53. The second kappa shape index (κ2) is 5.39. The van der Waals surface area contributed by atoms with Gasteiger partial charge in [0.05, 0.1) is 10.4 Å². The molecule has 1 aromatic heterocycles. The number of esters is 1. The molecule has 22 heavy (non-hydrogen) atoms. The lowest BCUT2D eigenvalue weighted by Crippen LogP contribution is -2.05. The van der Waals surface area contributed by atoms with E-state index in [9.17, 15) is 18.0 Å². The van der Waals surface area contributed by atoms with E-state index < -0.39 is 17.7 Å². The number of aromatic nitrogens is 1. The van der Waals surface area contributed by atoms with E-state index in [1.54, 1.807) is 6.07 Å². The summed E-state index contributed by atoms with van der Waals surface area (Å²) in [5.41, 5.74) is -0.379. The molecule has 0 atom stereocenters. The van der Waals surface area contributed by atoms with Crippen LogP contribution in [0.2, 0.25) is 0 Å². The molecule has 1 aromatic carbocycles. The lowest BCUT2D eigenvalue weighted by atomic mass is 10.1. The molecule has 3 rings (SSSR count). The Morgan fingerprint density at radius 2 is 2.09 bits per heavy atom. The van der Waals surface area contributed by atoms with Crippen molar-refractivity contribution in [3.8, 4) is 16.3 Å². The Balaban J connectivity index is 2.04. The number of ether oxygens (including phenoxy) is 1. The molecule has 1 heterocycles. The summed E-state index contributed by atoms with van der Waals surface area (Å²) in [6.45, 7) is 1.24. The van der Waals surface area contributed by atoms with Crippen LogP contribution in [0.15, 0.2) is 24.3 Å². The van der Waals surface area contributed by atoms with E-state index in [1.165, 1.54) is 24.3 Å². The highest BCUT2D eigenvalue weighted by molar-refractivity contribution is 7.15. The van der Waals surface area contributed by atoms with Crippen LogP contribution in [-0.4, -0.2) is 11.0 Å². The molecule has 1 aliphatic carbocycles. The zero-order valence-electron chi connectivity index (χ0n) is 11.6. The Bertz CT molecular complexity index is 720. The average Bonchev–Trinajstić information content (AvgIpc) is 3.20. The maximum Gasteiger partial charge on any atom is 0.416 e. The van der Waals surface area contributed by atoms with Gasteiger partial charge >= 0.3 is 12.1 Å². The summed E-state index contributed by atoms with van der Waals surface area (Å²) in [4.78, 5) is 15.9. The maximum absolute atomic E-state index is 12.8. The van der Waals surface area contributed by atoms with Crippen molar-refractivity contribution >= 4 is 17.3 Å². The molecule has 7 heteroatoms. The second-order valence-electron chi connectivity index (χ2n) is 5.13. The molecular weight excluding hydrogens is 315 g/mol. The Morgan fingerprint density at radius 1 is 1.36 bits per heavy atom. The Hall–Kier alpha value is -1.89. The molecule has 2 aromatic rings. The van der Waals surface area contributed by atoms with Crippen LogP contribution in [0.25, 0.3) is 10.4 Å². The molecule has 0 bridgehead atoms. The van der Waals surface area contributed by atoms with Crippen molar-refractivity contribution in [2.75, 3.05) is 0 Å². The molecule has 0 radical (unpaired) electrons. The predicted molar refractivity (Wildman–Crippen MR) is 75.8 cm³/mol. The van der Waals surface area contributed by atoms with Gasteiger partial charge in [0.25, 0.3) is 0 Å². The first-order chi connectivity index (χ1) is 10.3. The van der Waals surface area contributed by atoms with Gasteiger partial charge in [-0.1, -0.05) is 12.1 Å². The van der Waals surface area contributed by atoms with Crippen molar-refractivity contribution in [1.82, 2.24) is 4.98 Å². The number of carbonyl (C=O) groups is 1. The van der Waals surface area contributed by atoms with Crippen LogP contribution < -0.4 is 4.74 Å². The van der Waals surface area contributed by atoms with E-state index in [0.29, 0.717) is 16.4 Å². The maximum atomic E-state index is 12.8. The molecule has 0 aliphatic heterocycles. The zero-order valence-corrected chi connectivity index (χ0v) is 12.4. The largest absolute Gasteiger partial charge is 0.416 e. The number of rotatable bonds is 3. The van der Waals surface area contributed by atoms with Crippen LogP contribution in [-0.2, 0) is 11.0 Å². The standard InChI is InChI=1S/C15H12F3NO2S/c1-8(20)21-13-12(22-14(19-13)9-5-6-9)10-3-2-4-11(7-10)15(16,17)18/h2-4,7,9H,5-6H2,1H3. The van der Waals surface area contributed by atoms with Gasteiger partial charge in [0, 0.05) is 12.8 Å². The van der Waals surface area contributed by atoms with E-state index in [-0.39, 0.29) is 5.88 Å². The van der Waals surface area contributed by atoms with Gasteiger partial charge in [0.15, 0.2) is 0 Å². The lowest BCUT2D eigenvalue weighted by Gasteiger charge is -2.08. The van der Waals surface area contributed by atoms with Crippen LogP contribution in [0.3, 0.4) is 0 Å². The molecule has 116 valence electrons. The fraction of sp³-hybridized carbons (Fsp3) is 0.333. The van der Waals surface area contributed by atoms with Crippen molar-refractivity contribution in [3.63, 3.8) is 0 Å². The number of nitrogens with zero attached hydrogens (tertiary/aromatic N) is 1. The molecule has 0 unspecified atom stereocenters. The fourth-order valence-corrected chi connectivity index (χ4v) is 3.21. The topological polar surface area (TPSA) is 39.2 Å². The zero-order chi connectivity index (χ0) is 15.9. The highest BCUT2D eigenvalue weighted by Gasteiger charge is 2.32. The molecule has 3 nitrogen and oxygen atoms in total. The SMILES string of the molecule is CC(=O)Oc1nc(C2CC2)sc1-c1cccc(C(F)(F)F)c1. The Kier molecular flexibility index (Phi) is 3.68. The molecule has 1 aliphatic rings. The van der Waals surface area contributed by atoms with E-state index in [4.69, 9.17) is 4.74 Å². The van der Waals surface area contributed by atoms with Gasteiger partial charge in [0.1, 0.15) is 5.01 Å². The van der Waals surface area contributed by atoms with E-state index >= 15 is 0 Å². The third-order valence-electron chi connectivity index (χ3n) is 3.23. The Labute approximate surface area is 128 Å². The van der Waals surface area contributed by atoms with E-state index in [0.717, 1.165) is 30.0 Å². The molecule has 0 spiro atoms. The summed E-state index contributed by atoms with van der Waals surface area (Å²) in [5, 5.41) is 0.809. The minimum Gasteiger partial charge on any atom is -0.406 e. The summed E-state index contributed by atoms with van der Waals surface area (Å²) in [5.74, 6) is -0.113. The van der Waals surface area contributed by atoms with Gasteiger partial charge in [-0.15, -0.1) is 11.3 Å². The number of halogens is 3. The number of thiazole rings is 1. The van der Waals surface area contributed by atoms with Gasteiger partial charge in [-0.25, -0.2) is 4.98 Å².